The fraction of sp³-hybridized carbons (Fsp3) is 0.571. The normalized spacial score (nSPS) is 11.1. The lowest BCUT2D eigenvalue weighted by Crippen LogP contribution is -2.45. The Labute approximate surface area is 169 Å². The number of hydrogen-bond donors (Lipinski definition) is 2. The number of nitrogens with zero attached hydrogens (tertiary/aromatic N) is 3. The minimum Gasteiger partial charge on any atom is -0.357 e. The van der Waals surface area contributed by atoms with Crippen molar-refractivity contribution in [3.05, 3.63) is 29.8 Å². The standard InChI is InChI=1S/C21H35N5O2/c1-6-11-19(27)24-18-13-10-12-17(14-18)15-23-21(22-7-2)25(5)16-20(28)26(8-3)9-4/h10,12-14H,6-9,11,15-16H2,1-5H3,(H,22,23)(H,24,27). The summed E-state index contributed by atoms with van der Waals surface area (Å²) in [7, 11) is 1.87. The van der Waals surface area contributed by atoms with Gasteiger partial charge in [0.1, 0.15) is 0 Å². The number of rotatable bonds is 10. The fourth-order valence-corrected chi connectivity index (χ4v) is 2.79. The number of carbonyl (C=O) groups excluding carboxylic acids is 2. The molecule has 0 unspecified atom stereocenters. The van der Waals surface area contributed by atoms with E-state index in [-0.39, 0.29) is 18.4 Å². The number of nitrogens with one attached hydrogen (secondary N) is 2. The van der Waals surface area contributed by atoms with E-state index in [0.29, 0.717) is 32.0 Å². The Morgan fingerprint density at radius 3 is 2.43 bits per heavy atom. The summed E-state index contributed by atoms with van der Waals surface area (Å²) in [5.74, 6) is 0.785. The molecule has 0 aliphatic carbocycles. The summed E-state index contributed by atoms with van der Waals surface area (Å²) in [5, 5.41) is 6.14. The van der Waals surface area contributed by atoms with Crippen molar-refractivity contribution in [1.82, 2.24) is 15.1 Å². The van der Waals surface area contributed by atoms with Crippen LogP contribution in [0, 0.1) is 0 Å². The molecule has 0 radical (unpaired) electrons. The first-order valence-corrected chi connectivity index (χ1v) is 10.1. The van der Waals surface area contributed by atoms with Crippen LogP contribution in [0.3, 0.4) is 0 Å². The van der Waals surface area contributed by atoms with Gasteiger partial charge in [0, 0.05) is 38.8 Å². The number of hydrogen-bond acceptors (Lipinski definition) is 3. The highest BCUT2D eigenvalue weighted by Gasteiger charge is 2.15. The molecule has 0 saturated carbocycles. The van der Waals surface area contributed by atoms with Crippen LogP contribution in [0.1, 0.15) is 46.1 Å². The molecule has 1 aromatic rings. The van der Waals surface area contributed by atoms with Crippen LogP contribution in [0.15, 0.2) is 29.3 Å². The number of carbonyl (C=O) groups is 2. The quantitative estimate of drug-likeness (QED) is 0.476. The smallest absolute Gasteiger partial charge is 0.242 e. The second-order valence-electron chi connectivity index (χ2n) is 6.59. The van der Waals surface area contributed by atoms with E-state index >= 15 is 0 Å². The SMILES string of the molecule is CCCC(=O)Nc1cccc(CN=C(NCC)N(C)CC(=O)N(CC)CC)c1. The van der Waals surface area contributed by atoms with Crippen LogP contribution >= 0.6 is 0 Å². The van der Waals surface area contributed by atoms with E-state index in [1.165, 1.54) is 0 Å². The third kappa shape index (κ3) is 7.98. The predicted octanol–water partition coefficient (Wildman–Crippen LogP) is 2.69. The van der Waals surface area contributed by atoms with E-state index in [2.05, 4.69) is 15.6 Å². The molecule has 2 amide bonds. The van der Waals surface area contributed by atoms with Crippen LogP contribution in [-0.4, -0.2) is 60.8 Å². The van der Waals surface area contributed by atoms with Gasteiger partial charge in [-0.3, -0.25) is 9.59 Å². The van der Waals surface area contributed by atoms with Gasteiger partial charge in [0.05, 0.1) is 13.1 Å². The van der Waals surface area contributed by atoms with Gasteiger partial charge in [0.15, 0.2) is 5.96 Å². The average Bonchev–Trinajstić information content (AvgIpc) is 2.66. The Balaban J connectivity index is 2.81. The van der Waals surface area contributed by atoms with Gasteiger partial charge in [0.2, 0.25) is 11.8 Å². The van der Waals surface area contributed by atoms with Crippen LogP contribution in [0.5, 0.6) is 0 Å². The Bertz CT molecular complexity index is 656. The van der Waals surface area contributed by atoms with E-state index in [1.54, 1.807) is 0 Å². The van der Waals surface area contributed by atoms with Crippen molar-refractivity contribution in [3.63, 3.8) is 0 Å². The summed E-state index contributed by atoms with van der Waals surface area (Å²) in [6, 6.07) is 7.69. The number of anilines is 1. The summed E-state index contributed by atoms with van der Waals surface area (Å²) in [6.07, 6.45) is 1.33. The highest BCUT2D eigenvalue weighted by atomic mass is 16.2. The lowest BCUT2D eigenvalue weighted by molar-refractivity contribution is -0.131. The van der Waals surface area contributed by atoms with Gasteiger partial charge < -0.3 is 20.4 Å². The summed E-state index contributed by atoms with van der Waals surface area (Å²) in [5.41, 5.74) is 1.77. The number of amides is 2. The molecular weight excluding hydrogens is 354 g/mol. The fourth-order valence-electron chi connectivity index (χ4n) is 2.79. The van der Waals surface area contributed by atoms with Gasteiger partial charge in [-0.25, -0.2) is 4.99 Å². The van der Waals surface area contributed by atoms with Crippen LogP contribution in [0.2, 0.25) is 0 Å². The molecule has 2 N–H and O–H groups in total. The van der Waals surface area contributed by atoms with Crippen LogP contribution in [0.25, 0.3) is 0 Å². The molecule has 7 heteroatoms. The molecule has 0 heterocycles. The van der Waals surface area contributed by atoms with Crippen molar-refractivity contribution in [2.75, 3.05) is 38.5 Å². The largest absolute Gasteiger partial charge is 0.357 e. The Hall–Kier alpha value is -2.57. The molecule has 0 spiro atoms. The molecule has 0 bridgehead atoms. The number of aliphatic imine (C=N–C) groups is 1. The maximum atomic E-state index is 12.4. The first-order valence-electron chi connectivity index (χ1n) is 10.1. The van der Waals surface area contributed by atoms with E-state index < -0.39 is 0 Å². The third-order valence-corrected chi connectivity index (χ3v) is 4.28. The van der Waals surface area contributed by atoms with Crippen molar-refractivity contribution in [3.8, 4) is 0 Å². The van der Waals surface area contributed by atoms with E-state index in [1.807, 2.05) is 68.8 Å². The van der Waals surface area contributed by atoms with Crippen molar-refractivity contribution in [1.29, 1.82) is 0 Å². The van der Waals surface area contributed by atoms with E-state index in [0.717, 1.165) is 24.2 Å². The maximum Gasteiger partial charge on any atom is 0.242 e. The van der Waals surface area contributed by atoms with Gasteiger partial charge in [-0.1, -0.05) is 19.1 Å². The number of guanidine groups is 1. The van der Waals surface area contributed by atoms with Crippen LogP contribution < -0.4 is 10.6 Å². The molecule has 0 aliphatic heterocycles. The number of likely N-dealkylation sites (N-methyl/N-ethyl adjacent to an activating group) is 2. The lowest BCUT2D eigenvalue weighted by Gasteiger charge is -2.25. The van der Waals surface area contributed by atoms with Crippen molar-refractivity contribution in [2.45, 2.75) is 47.1 Å². The Morgan fingerprint density at radius 1 is 1.11 bits per heavy atom. The maximum absolute atomic E-state index is 12.4. The van der Waals surface area contributed by atoms with Gasteiger partial charge in [-0.15, -0.1) is 0 Å². The zero-order chi connectivity index (χ0) is 20.9. The monoisotopic (exact) mass is 389 g/mol. The Morgan fingerprint density at radius 2 is 1.82 bits per heavy atom. The van der Waals surface area contributed by atoms with Crippen LogP contribution in [0.4, 0.5) is 5.69 Å². The summed E-state index contributed by atoms with van der Waals surface area (Å²) >= 11 is 0. The summed E-state index contributed by atoms with van der Waals surface area (Å²) in [4.78, 5) is 32.4. The molecule has 0 aromatic heterocycles. The van der Waals surface area contributed by atoms with Crippen molar-refractivity contribution < 1.29 is 9.59 Å². The minimum atomic E-state index is 0.0196. The molecule has 1 aromatic carbocycles. The van der Waals surface area contributed by atoms with Gasteiger partial charge >= 0.3 is 0 Å². The molecule has 0 saturated heterocycles. The topological polar surface area (TPSA) is 77.0 Å². The molecule has 7 nitrogen and oxygen atoms in total. The highest BCUT2D eigenvalue weighted by molar-refractivity contribution is 5.90. The lowest BCUT2D eigenvalue weighted by atomic mass is 10.2. The second-order valence-corrected chi connectivity index (χ2v) is 6.59. The first kappa shape index (κ1) is 23.5. The third-order valence-electron chi connectivity index (χ3n) is 4.28. The number of benzene rings is 1. The minimum absolute atomic E-state index is 0.0196. The zero-order valence-electron chi connectivity index (χ0n) is 17.9. The molecule has 28 heavy (non-hydrogen) atoms. The van der Waals surface area contributed by atoms with Crippen molar-refractivity contribution >= 4 is 23.5 Å². The first-order chi connectivity index (χ1) is 13.4. The van der Waals surface area contributed by atoms with Crippen LogP contribution in [-0.2, 0) is 16.1 Å². The average molecular weight is 390 g/mol. The highest BCUT2D eigenvalue weighted by Crippen LogP contribution is 2.12. The Kier molecular flexibility index (Phi) is 10.7. The molecule has 1 rings (SSSR count). The molecule has 0 aliphatic rings. The second kappa shape index (κ2) is 12.8. The summed E-state index contributed by atoms with van der Waals surface area (Å²) in [6.45, 7) is 10.8. The van der Waals surface area contributed by atoms with Gasteiger partial charge in [-0.05, 0) is 44.9 Å². The summed E-state index contributed by atoms with van der Waals surface area (Å²) < 4.78 is 0. The molecule has 0 fully saturated rings. The zero-order valence-corrected chi connectivity index (χ0v) is 17.9. The predicted molar refractivity (Wildman–Crippen MR) is 115 cm³/mol. The molecule has 156 valence electrons. The van der Waals surface area contributed by atoms with E-state index in [4.69, 9.17) is 0 Å². The molecular formula is C21H35N5O2. The van der Waals surface area contributed by atoms with Crippen molar-refractivity contribution in [2.24, 2.45) is 4.99 Å². The van der Waals surface area contributed by atoms with E-state index in [9.17, 15) is 9.59 Å². The molecule has 0 atom stereocenters. The van der Waals surface area contributed by atoms with Gasteiger partial charge in [0.25, 0.3) is 0 Å². The van der Waals surface area contributed by atoms with Gasteiger partial charge in [-0.2, -0.15) is 0 Å².